The van der Waals surface area contributed by atoms with E-state index in [9.17, 15) is 9.90 Å². The molecule has 0 fully saturated rings. The van der Waals surface area contributed by atoms with Crippen LogP contribution >= 0.6 is 0 Å². The molecule has 14 heavy (non-hydrogen) atoms. The summed E-state index contributed by atoms with van der Waals surface area (Å²) in [5.41, 5.74) is -0.400. The molecule has 1 aliphatic heterocycles. The van der Waals surface area contributed by atoms with Gasteiger partial charge < -0.3 is 9.84 Å². The fourth-order valence-electron chi connectivity index (χ4n) is 0.798. The number of esters is 1. The second kappa shape index (κ2) is 3.85. The second-order valence-corrected chi connectivity index (χ2v) is 3.83. The normalized spacial score (nSPS) is 19.5. The Morgan fingerprint density at radius 1 is 1.64 bits per heavy atom. The van der Waals surface area contributed by atoms with Crippen LogP contribution in [0, 0.1) is 17.8 Å². The van der Waals surface area contributed by atoms with Crippen LogP contribution in [-0.4, -0.2) is 23.3 Å². The number of carbonyl (C=O) groups excluding carboxylic acids is 1. The molecule has 0 spiro atoms. The molecule has 1 N–H and O–H groups in total. The Morgan fingerprint density at radius 2 is 2.29 bits per heavy atom. The average Bonchev–Trinajstić information content (AvgIpc) is 2.48. The lowest BCUT2D eigenvalue weighted by Gasteiger charge is -2.20. The summed E-state index contributed by atoms with van der Waals surface area (Å²) in [5, 5.41) is 9.79. The minimum absolute atomic E-state index is 0.0497. The van der Waals surface area contributed by atoms with Gasteiger partial charge in [0.05, 0.1) is 0 Å². The van der Waals surface area contributed by atoms with Gasteiger partial charge in [0.15, 0.2) is 0 Å². The summed E-state index contributed by atoms with van der Waals surface area (Å²) >= 11 is 0. The van der Waals surface area contributed by atoms with Crippen LogP contribution in [0.4, 0.5) is 0 Å². The highest BCUT2D eigenvalue weighted by Gasteiger charge is 2.22. The van der Waals surface area contributed by atoms with E-state index in [1.807, 2.05) is 13.8 Å². The number of hydrogen-bond donors (Lipinski definition) is 1. The topological polar surface area (TPSA) is 46.5 Å². The molecule has 0 amide bonds. The van der Waals surface area contributed by atoms with Crippen molar-refractivity contribution in [2.24, 2.45) is 5.92 Å². The lowest BCUT2D eigenvalue weighted by atomic mass is 9.93. The van der Waals surface area contributed by atoms with Gasteiger partial charge in [-0.2, -0.15) is 0 Å². The van der Waals surface area contributed by atoms with Crippen molar-refractivity contribution in [3.8, 4) is 11.8 Å². The van der Waals surface area contributed by atoms with Gasteiger partial charge in [0, 0.05) is 11.6 Å². The zero-order chi connectivity index (χ0) is 10.8. The van der Waals surface area contributed by atoms with E-state index < -0.39 is 5.60 Å². The van der Waals surface area contributed by atoms with E-state index >= 15 is 0 Å². The zero-order valence-corrected chi connectivity index (χ0v) is 8.63. The number of cyclic esters (lactones) is 1. The van der Waals surface area contributed by atoms with Crippen molar-refractivity contribution in [2.75, 3.05) is 6.61 Å². The lowest BCUT2D eigenvalue weighted by molar-refractivity contribution is -0.134. The van der Waals surface area contributed by atoms with Crippen LogP contribution in [0.5, 0.6) is 0 Å². The summed E-state index contributed by atoms with van der Waals surface area (Å²) in [5.74, 6) is 5.16. The van der Waals surface area contributed by atoms with Gasteiger partial charge >= 0.3 is 5.97 Å². The third-order valence-electron chi connectivity index (χ3n) is 2.26. The van der Waals surface area contributed by atoms with E-state index in [-0.39, 0.29) is 18.5 Å². The second-order valence-electron chi connectivity index (χ2n) is 3.83. The molecule has 0 aromatic carbocycles. The minimum atomic E-state index is -1.02. The fraction of sp³-hybridized carbons (Fsp3) is 0.545. The van der Waals surface area contributed by atoms with Gasteiger partial charge in [-0.3, -0.25) is 0 Å². The molecule has 0 saturated heterocycles. The Kier molecular flexibility index (Phi) is 2.97. The number of aliphatic hydroxyl groups is 1. The maximum atomic E-state index is 10.7. The Balaban J connectivity index is 2.73. The molecule has 0 aliphatic carbocycles. The molecule has 0 aromatic rings. The molecule has 1 aliphatic rings. The van der Waals surface area contributed by atoms with Crippen molar-refractivity contribution < 1.29 is 14.6 Å². The van der Waals surface area contributed by atoms with Gasteiger partial charge in [-0.15, -0.1) is 0 Å². The van der Waals surface area contributed by atoms with Crippen molar-refractivity contribution in [3.05, 3.63) is 11.6 Å². The molecule has 0 aromatic heterocycles. The summed E-state index contributed by atoms with van der Waals surface area (Å²) in [4.78, 5) is 10.7. The van der Waals surface area contributed by atoms with Crippen LogP contribution in [0.3, 0.4) is 0 Å². The monoisotopic (exact) mass is 194 g/mol. The Hall–Kier alpha value is -1.27. The third-order valence-corrected chi connectivity index (χ3v) is 2.26. The molecular weight excluding hydrogens is 180 g/mol. The van der Waals surface area contributed by atoms with Crippen molar-refractivity contribution in [2.45, 2.75) is 26.4 Å². The highest BCUT2D eigenvalue weighted by atomic mass is 16.5. The quantitative estimate of drug-likeness (QED) is 0.498. The first kappa shape index (κ1) is 10.8. The first-order chi connectivity index (χ1) is 6.42. The predicted molar refractivity (Wildman–Crippen MR) is 52.3 cm³/mol. The minimum Gasteiger partial charge on any atom is -0.457 e. The molecule has 0 bridgehead atoms. The maximum Gasteiger partial charge on any atom is 0.332 e. The Labute approximate surface area is 83.8 Å². The third kappa shape index (κ3) is 2.61. The van der Waals surface area contributed by atoms with Crippen LogP contribution < -0.4 is 0 Å². The molecule has 0 radical (unpaired) electrons. The van der Waals surface area contributed by atoms with Gasteiger partial charge in [-0.05, 0) is 12.8 Å². The van der Waals surface area contributed by atoms with E-state index in [0.717, 1.165) is 0 Å². The van der Waals surface area contributed by atoms with E-state index in [0.29, 0.717) is 5.57 Å². The number of carbonyl (C=O) groups is 1. The Morgan fingerprint density at radius 3 is 2.71 bits per heavy atom. The van der Waals surface area contributed by atoms with Crippen LogP contribution in [-0.2, 0) is 9.53 Å². The van der Waals surface area contributed by atoms with Crippen LogP contribution in [0.25, 0.3) is 0 Å². The highest BCUT2D eigenvalue weighted by molar-refractivity contribution is 5.86. The average molecular weight is 194 g/mol. The van der Waals surface area contributed by atoms with E-state index in [4.69, 9.17) is 0 Å². The molecule has 3 heteroatoms. The molecule has 1 heterocycles. The van der Waals surface area contributed by atoms with Crippen molar-refractivity contribution >= 4 is 5.97 Å². The van der Waals surface area contributed by atoms with Crippen molar-refractivity contribution in [1.29, 1.82) is 0 Å². The molecule has 3 nitrogen and oxygen atoms in total. The first-order valence-corrected chi connectivity index (χ1v) is 4.54. The SMILES string of the molecule is CC(C)C(C)(O)C#CC1=CC(=O)OC1. The summed E-state index contributed by atoms with van der Waals surface area (Å²) in [7, 11) is 0. The predicted octanol–water partition coefficient (Wildman–Crippen LogP) is 0.880. The molecular formula is C11H14O3. The largest absolute Gasteiger partial charge is 0.457 e. The fourth-order valence-corrected chi connectivity index (χ4v) is 0.798. The number of hydrogen-bond acceptors (Lipinski definition) is 3. The van der Waals surface area contributed by atoms with E-state index in [1.165, 1.54) is 6.08 Å². The van der Waals surface area contributed by atoms with Crippen LogP contribution in [0.2, 0.25) is 0 Å². The van der Waals surface area contributed by atoms with Crippen molar-refractivity contribution in [3.63, 3.8) is 0 Å². The summed E-state index contributed by atoms with van der Waals surface area (Å²) in [6, 6.07) is 0. The van der Waals surface area contributed by atoms with Gasteiger partial charge in [0.25, 0.3) is 0 Å². The van der Waals surface area contributed by atoms with Gasteiger partial charge in [0.2, 0.25) is 0 Å². The number of ether oxygens (including phenoxy) is 1. The van der Waals surface area contributed by atoms with Gasteiger partial charge in [-0.1, -0.05) is 25.7 Å². The van der Waals surface area contributed by atoms with Crippen molar-refractivity contribution in [1.82, 2.24) is 0 Å². The summed E-state index contributed by atoms with van der Waals surface area (Å²) in [6.45, 7) is 5.65. The first-order valence-electron chi connectivity index (χ1n) is 4.54. The van der Waals surface area contributed by atoms with Gasteiger partial charge in [0.1, 0.15) is 12.2 Å². The number of rotatable bonds is 1. The standard InChI is InChI=1S/C11H14O3/c1-8(2)11(3,13)5-4-9-6-10(12)14-7-9/h6,8,13H,7H2,1-3H3. The van der Waals surface area contributed by atoms with E-state index in [1.54, 1.807) is 6.92 Å². The smallest absolute Gasteiger partial charge is 0.332 e. The van der Waals surface area contributed by atoms with Gasteiger partial charge in [-0.25, -0.2) is 4.79 Å². The van der Waals surface area contributed by atoms with E-state index in [2.05, 4.69) is 16.6 Å². The summed E-state index contributed by atoms with van der Waals surface area (Å²) in [6.07, 6.45) is 1.35. The lowest BCUT2D eigenvalue weighted by Crippen LogP contribution is -2.28. The molecule has 1 unspecified atom stereocenters. The molecule has 0 saturated carbocycles. The highest BCUT2D eigenvalue weighted by Crippen LogP contribution is 2.15. The zero-order valence-electron chi connectivity index (χ0n) is 8.63. The molecule has 1 atom stereocenters. The van der Waals surface area contributed by atoms with Crippen LogP contribution in [0.15, 0.2) is 11.6 Å². The Bertz CT molecular complexity index is 326. The maximum absolute atomic E-state index is 10.7. The molecule has 76 valence electrons. The van der Waals surface area contributed by atoms with Crippen LogP contribution in [0.1, 0.15) is 20.8 Å². The molecule has 1 rings (SSSR count). The summed E-state index contributed by atoms with van der Waals surface area (Å²) < 4.78 is 4.68.